The van der Waals surface area contributed by atoms with Gasteiger partial charge in [-0.3, -0.25) is 9.78 Å². The van der Waals surface area contributed by atoms with E-state index in [-0.39, 0.29) is 11.9 Å². The van der Waals surface area contributed by atoms with Crippen LogP contribution in [0.2, 0.25) is 0 Å². The molecule has 1 aliphatic heterocycles. The first kappa shape index (κ1) is 15.5. The molecule has 1 saturated heterocycles. The van der Waals surface area contributed by atoms with Crippen LogP contribution in [0.25, 0.3) is 11.2 Å². The van der Waals surface area contributed by atoms with Gasteiger partial charge in [-0.15, -0.1) is 0 Å². The maximum atomic E-state index is 12.5. The summed E-state index contributed by atoms with van der Waals surface area (Å²) >= 11 is 0. The second-order valence-corrected chi connectivity index (χ2v) is 6.22. The fourth-order valence-electron chi connectivity index (χ4n) is 3.12. The average molecular weight is 337 g/mol. The maximum Gasteiger partial charge on any atom is 0.253 e. The first-order valence-corrected chi connectivity index (χ1v) is 8.29. The fraction of sp³-hybridized carbons (Fsp3) is 0.353. The van der Waals surface area contributed by atoms with Crippen LogP contribution >= 0.6 is 0 Å². The molecule has 1 fully saturated rings. The number of piperidine rings is 1. The molecule has 0 spiro atoms. The molecule has 1 amide bonds. The molecule has 1 N–H and O–H groups in total. The number of hydrogen-bond donors (Lipinski definition) is 1. The number of hydrogen-bond acceptors (Lipinski definition) is 6. The lowest BCUT2D eigenvalue weighted by Crippen LogP contribution is -2.45. The third kappa shape index (κ3) is 3.15. The molecule has 0 unspecified atom stereocenters. The number of pyridine rings is 1. The van der Waals surface area contributed by atoms with E-state index in [2.05, 4.69) is 30.2 Å². The summed E-state index contributed by atoms with van der Waals surface area (Å²) in [6, 6.07) is 1.94. The normalized spacial score (nSPS) is 15.5. The van der Waals surface area contributed by atoms with Gasteiger partial charge in [-0.25, -0.2) is 15.0 Å². The van der Waals surface area contributed by atoms with Crippen LogP contribution in [0, 0.1) is 0 Å². The Morgan fingerprint density at radius 1 is 1.16 bits per heavy atom. The van der Waals surface area contributed by atoms with E-state index in [9.17, 15) is 4.79 Å². The lowest BCUT2D eigenvalue weighted by molar-refractivity contribution is 0.0931. The predicted molar refractivity (Wildman–Crippen MR) is 93.2 cm³/mol. The lowest BCUT2D eigenvalue weighted by Gasteiger charge is -2.32. The van der Waals surface area contributed by atoms with Crippen LogP contribution in [-0.2, 0) is 7.05 Å². The van der Waals surface area contributed by atoms with Gasteiger partial charge in [0.2, 0.25) is 0 Å². The summed E-state index contributed by atoms with van der Waals surface area (Å²) in [5.41, 5.74) is 2.05. The number of amides is 1. The Kier molecular flexibility index (Phi) is 4.01. The molecule has 8 heteroatoms. The van der Waals surface area contributed by atoms with Gasteiger partial charge in [-0.05, 0) is 18.9 Å². The number of carbonyl (C=O) groups excluding carboxylic acids is 1. The molecular weight excluding hydrogens is 318 g/mol. The summed E-state index contributed by atoms with van der Waals surface area (Å²) < 4.78 is 1.83. The molecule has 4 heterocycles. The van der Waals surface area contributed by atoms with E-state index in [0.717, 1.165) is 42.9 Å². The zero-order chi connectivity index (χ0) is 17.2. The summed E-state index contributed by atoms with van der Waals surface area (Å²) in [6.07, 6.45) is 10.2. The Labute approximate surface area is 144 Å². The van der Waals surface area contributed by atoms with Gasteiger partial charge in [0.05, 0.1) is 18.1 Å². The quantitative estimate of drug-likeness (QED) is 0.771. The van der Waals surface area contributed by atoms with Crippen molar-refractivity contribution in [1.82, 2.24) is 29.8 Å². The molecule has 4 rings (SSSR count). The van der Waals surface area contributed by atoms with Gasteiger partial charge in [0.15, 0.2) is 5.65 Å². The number of rotatable bonds is 3. The molecule has 0 radical (unpaired) electrons. The van der Waals surface area contributed by atoms with E-state index in [1.807, 2.05) is 11.6 Å². The van der Waals surface area contributed by atoms with E-state index >= 15 is 0 Å². The van der Waals surface area contributed by atoms with Gasteiger partial charge in [-0.1, -0.05) is 0 Å². The number of aromatic nitrogens is 5. The first-order valence-electron chi connectivity index (χ1n) is 8.29. The van der Waals surface area contributed by atoms with Crippen LogP contribution in [0.3, 0.4) is 0 Å². The van der Waals surface area contributed by atoms with Crippen molar-refractivity contribution in [1.29, 1.82) is 0 Å². The summed E-state index contributed by atoms with van der Waals surface area (Å²) in [6.45, 7) is 1.70. The van der Waals surface area contributed by atoms with Gasteiger partial charge in [0, 0.05) is 44.8 Å². The van der Waals surface area contributed by atoms with Crippen LogP contribution in [-0.4, -0.2) is 49.5 Å². The summed E-state index contributed by atoms with van der Waals surface area (Å²) in [5.74, 6) is 0.787. The number of fused-ring (bicyclic) bond motifs is 1. The second kappa shape index (κ2) is 6.46. The Morgan fingerprint density at radius 2 is 2.00 bits per heavy atom. The number of imidazole rings is 1. The Bertz CT molecular complexity index is 884. The Hall–Kier alpha value is -3.03. The highest BCUT2D eigenvalue weighted by atomic mass is 16.1. The van der Waals surface area contributed by atoms with Gasteiger partial charge in [0.25, 0.3) is 5.91 Å². The minimum atomic E-state index is -0.0991. The first-order chi connectivity index (χ1) is 12.2. The molecule has 3 aromatic rings. The van der Waals surface area contributed by atoms with Gasteiger partial charge >= 0.3 is 0 Å². The van der Waals surface area contributed by atoms with Crippen LogP contribution in [0.4, 0.5) is 5.82 Å². The summed E-state index contributed by atoms with van der Waals surface area (Å²) in [7, 11) is 1.88. The molecule has 0 aliphatic carbocycles. The number of aryl methyl sites for hydroxylation is 1. The largest absolute Gasteiger partial charge is 0.355 e. The Balaban J connectivity index is 1.38. The van der Waals surface area contributed by atoms with E-state index in [0.29, 0.717) is 5.56 Å². The van der Waals surface area contributed by atoms with Gasteiger partial charge in [0.1, 0.15) is 11.3 Å². The Morgan fingerprint density at radius 3 is 2.76 bits per heavy atom. The average Bonchev–Trinajstić information content (AvgIpc) is 3.03. The minimum absolute atomic E-state index is 0.0991. The van der Waals surface area contributed by atoms with Crippen LogP contribution in [0.15, 0.2) is 37.2 Å². The fourth-order valence-corrected chi connectivity index (χ4v) is 3.12. The van der Waals surface area contributed by atoms with Crippen molar-refractivity contribution in [2.24, 2.45) is 7.05 Å². The number of nitrogens with zero attached hydrogens (tertiary/aromatic N) is 6. The highest BCUT2D eigenvalue weighted by Crippen LogP contribution is 2.17. The molecule has 0 saturated carbocycles. The van der Waals surface area contributed by atoms with Gasteiger partial charge < -0.3 is 14.8 Å². The molecule has 0 aromatic carbocycles. The lowest BCUT2D eigenvalue weighted by atomic mass is 10.0. The third-order valence-corrected chi connectivity index (χ3v) is 4.52. The van der Waals surface area contributed by atoms with Crippen molar-refractivity contribution in [3.63, 3.8) is 0 Å². The zero-order valence-electron chi connectivity index (χ0n) is 14.0. The standard InChI is InChI=1S/C17H19N7O/c1-23-11-21-14-8-12(9-20-16(14)23)17(25)22-13-2-6-24(7-3-13)15-10-18-4-5-19-15/h4-5,8-11,13H,2-3,6-7H2,1H3,(H,22,25). The van der Waals surface area contributed by atoms with Crippen molar-refractivity contribution in [2.45, 2.75) is 18.9 Å². The number of nitrogens with one attached hydrogen (secondary N) is 1. The highest BCUT2D eigenvalue weighted by molar-refractivity contribution is 5.96. The van der Waals surface area contributed by atoms with E-state index in [4.69, 9.17) is 0 Å². The van der Waals surface area contributed by atoms with E-state index in [1.54, 1.807) is 37.2 Å². The molecule has 128 valence electrons. The maximum absolute atomic E-state index is 12.5. The number of anilines is 1. The molecule has 0 bridgehead atoms. The zero-order valence-corrected chi connectivity index (χ0v) is 14.0. The minimum Gasteiger partial charge on any atom is -0.355 e. The van der Waals surface area contributed by atoms with Crippen LogP contribution in [0.1, 0.15) is 23.2 Å². The molecule has 1 aliphatic rings. The molecule has 3 aromatic heterocycles. The smallest absolute Gasteiger partial charge is 0.253 e. The van der Waals surface area contributed by atoms with Crippen molar-refractivity contribution in [2.75, 3.05) is 18.0 Å². The van der Waals surface area contributed by atoms with E-state index in [1.165, 1.54) is 0 Å². The topological polar surface area (TPSA) is 88.8 Å². The predicted octanol–water partition coefficient (Wildman–Crippen LogP) is 1.16. The monoisotopic (exact) mass is 337 g/mol. The summed E-state index contributed by atoms with van der Waals surface area (Å²) in [5, 5.41) is 3.10. The SMILES string of the molecule is Cn1cnc2cc(C(=O)NC3CCN(c4cnccn4)CC3)cnc21. The van der Waals surface area contributed by atoms with Gasteiger partial charge in [-0.2, -0.15) is 0 Å². The third-order valence-electron chi connectivity index (χ3n) is 4.52. The highest BCUT2D eigenvalue weighted by Gasteiger charge is 2.22. The van der Waals surface area contributed by atoms with Crippen LogP contribution in [0.5, 0.6) is 0 Å². The molecule has 8 nitrogen and oxygen atoms in total. The van der Waals surface area contributed by atoms with Crippen LogP contribution < -0.4 is 10.2 Å². The summed E-state index contributed by atoms with van der Waals surface area (Å²) in [4.78, 5) is 31.7. The van der Waals surface area contributed by atoms with E-state index < -0.39 is 0 Å². The molecular formula is C17H19N7O. The molecule has 0 atom stereocenters. The second-order valence-electron chi connectivity index (χ2n) is 6.22. The molecule has 25 heavy (non-hydrogen) atoms. The number of carbonyl (C=O) groups is 1. The van der Waals surface area contributed by atoms with Crippen molar-refractivity contribution < 1.29 is 4.79 Å². The van der Waals surface area contributed by atoms with Crippen molar-refractivity contribution >= 4 is 22.9 Å². The van der Waals surface area contributed by atoms with Crippen molar-refractivity contribution in [3.05, 3.63) is 42.7 Å². The van der Waals surface area contributed by atoms with Crippen molar-refractivity contribution in [3.8, 4) is 0 Å².